The largest absolute Gasteiger partial charge is 0.298 e. The molecule has 0 aliphatic heterocycles. The number of imidazole rings is 2. The fourth-order valence-electron chi connectivity index (χ4n) is 3.25. The van der Waals surface area contributed by atoms with Gasteiger partial charge in [-0.1, -0.05) is 38.6 Å². The van der Waals surface area contributed by atoms with Crippen molar-refractivity contribution in [2.45, 2.75) is 28.7 Å². The molecular formula is C26H26BBrCl3N8. The number of nitrogens with zero attached hydrogens (tertiary/aromatic N) is 8. The predicted octanol–water partition coefficient (Wildman–Crippen LogP) is 7.83. The van der Waals surface area contributed by atoms with Crippen LogP contribution in [0, 0.1) is 13.8 Å². The average Bonchev–Trinajstić information content (AvgIpc) is 3.46. The lowest BCUT2D eigenvalue weighted by Crippen LogP contribution is -1.92. The summed E-state index contributed by atoms with van der Waals surface area (Å²) in [7, 11) is 0. The SMILES string of the molecule is C.C.Cc1cccn2c(-c3ccnc(Cl)n3)cnc12.Cc1cccn2c(Br)cnc12.Clc1ccnc(Cl)n1.[B]. The number of rotatable bonds is 1. The third-order valence-corrected chi connectivity index (χ3v) is 6.06. The van der Waals surface area contributed by atoms with Crippen LogP contribution in [0.4, 0.5) is 0 Å². The summed E-state index contributed by atoms with van der Waals surface area (Å²) in [6.45, 7) is 4.08. The molecule has 0 fully saturated rings. The number of halogens is 4. The molecule has 0 aliphatic carbocycles. The van der Waals surface area contributed by atoms with Crippen molar-refractivity contribution < 1.29 is 0 Å². The lowest BCUT2D eigenvalue weighted by Gasteiger charge is -2.02. The molecule has 0 saturated heterocycles. The van der Waals surface area contributed by atoms with Gasteiger partial charge in [-0.25, -0.2) is 29.9 Å². The smallest absolute Gasteiger partial charge is 0.223 e. The molecule has 3 radical (unpaired) electrons. The highest BCUT2D eigenvalue weighted by Crippen LogP contribution is 2.21. The third kappa shape index (κ3) is 8.47. The maximum Gasteiger partial charge on any atom is 0.223 e. The summed E-state index contributed by atoms with van der Waals surface area (Å²) in [5.41, 5.74) is 5.94. The molecule has 6 heterocycles. The number of hydrogen-bond acceptors (Lipinski definition) is 6. The van der Waals surface area contributed by atoms with Crippen molar-refractivity contribution in [1.29, 1.82) is 0 Å². The highest BCUT2D eigenvalue weighted by Gasteiger charge is 2.08. The van der Waals surface area contributed by atoms with E-state index in [1.165, 1.54) is 11.8 Å². The number of pyridine rings is 2. The van der Waals surface area contributed by atoms with Gasteiger partial charge in [-0.05, 0) is 88.4 Å². The molecule has 0 aliphatic rings. The Labute approximate surface area is 253 Å². The number of hydrogen-bond donors (Lipinski definition) is 0. The Hall–Kier alpha value is -3.05. The molecular weight excluding hydrogens is 621 g/mol. The fraction of sp³-hybridized carbons (Fsp3) is 0.154. The molecule has 8 nitrogen and oxygen atoms in total. The van der Waals surface area contributed by atoms with Gasteiger partial charge in [0.15, 0.2) is 0 Å². The number of aromatic nitrogens is 8. The molecule has 6 aromatic heterocycles. The van der Waals surface area contributed by atoms with Crippen molar-refractivity contribution in [3.63, 3.8) is 0 Å². The minimum atomic E-state index is 0. The summed E-state index contributed by atoms with van der Waals surface area (Å²) >= 11 is 19.9. The van der Waals surface area contributed by atoms with Crippen molar-refractivity contribution in [2.24, 2.45) is 0 Å². The van der Waals surface area contributed by atoms with E-state index in [1.807, 2.05) is 58.6 Å². The van der Waals surface area contributed by atoms with Crippen LogP contribution in [-0.4, -0.2) is 47.1 Å². The topological polar surface area (TPSA) is 86.2 Å². The van der Waals surface area contributed by atoms with E-state index < -0.39 is 0 Å². The average molecular weight is 648 g/mol. The van der Waals surface area contributed by atoms with Gasteiger partial charge < -0.3 is 0 Å². The maximum absolute atomic E-state index is 5.79. The Morgan fingerprint density at radius 3 is 1.77 bits per heavy atom. The van der Waals surface area contributed by atoms with E-state index in [0.717, 1.165) is 32.8 Å². The highest BCUT2D eigenvalue weighted by atomic mass is 79.9. The minimum Gasteiger partial charge on any atom is -0.298 e. The van der Waals surface area contributed by atoms with Crippen molar-refractivity contribution in [3.8, 4) is 11.4 Å². The molecule has 13 heteroatoms. The Kier molecular flexibility index (Phi) is 13.5. The van der Waals surface area contributed by atoms with Gasteiger partial charge >= 0.3 is 0 Å². The van der Waals surface area contributed by atoms with Crippen LogP contribution in [0.25, 0.3) is 22.7 Å². The first-order chi connectivity index (χ1) is 17.3. The van der Waals surface area contributed by atoms with Crippen molar-refractivity contribution in [2.75, 3.05) is 0 Å². The molecule has 0 amide bonds. The van der Waals surface area contributed by atoms with Gasteiger partial charge in [-0.3, -0.25) is 8.80 Å². The third-order valence-electron chi connectivity index (χ3n) is 4.90. The van der Waals surface area contributed by atoms with Gasteiger partial charge in [0.05, 0.1) is 23.8 Å². The van der Waals surface area contributed by atoms with Gasteiger partial charge in [0.2, 0.25) is 10.6 Å². The summed E-state index contributed by atoms with van der Waals surface area (Å²) in [6, 6.07) is 11.4. The molecule has 0 atom stereocenters. The van der Waals surface area contributed by atoms with Gasteiger partial charge in [0.1, 0.15) is 21.1 Å². The molecule has 6 rings (SSSR count). The molecule has 0 aromatic carbocycles. The van der Waals surface area contributed by atoms with Crippen LogP contribution in [0.15, 0.2) is 78.2 Å². The Morgan fingerprint density at radius 2 is 1.23 bits per heavy atom. The van der Waals surface area contributed by atoms with E-state index >= 15 is 0 Å². The van der Waals surface area contributed by atoms with Gasteiger partial charge in [-0.2, -0.15) is 0 Å². The first kappa shape index (κ1) is 34.0. The quantitative estimate of drug-likeness (QED) is 0.103. The van der Waals surface area contributed by atoms with Crippen LogP contribution in [-0.2, 0) is 0 Å². The van der Waals surface area contributed by atoms with E-state index in [4.69, 9.17) is 34.8 Å². The Bertz CT molecular complexity index is 1620. The molecule has 39 heavy (non-hydrogen) atoms. The van der Waals surface area contributed by atoms with Crippen LogP contribution in [0.2, 0.25) is 15.7 Å². The van der Waals surface area contributed by atoms with Gasteiger partial charge in [0.25, 0.3) is 0 Å². The van der Waals surface area contributed by atoms with Gasteiger partial charge in [0, 0.05) is 33.2 Å². The standard InChI is InChI=1S/C12H9ClN4.C8H7BrN2.C4H2Cl2N2.2CH4.B/c1-8-3-2-6-17-10(7-15-11(8)17)9-4-5-14-12(13)16-9;1-6-3-2-4-11-7(9)5-10-8(6)11;5-3-1-2-7-4(6)8-3;;;/h2-7H,1H3;2-5H,1H3;1-2H;2*1H4;. The summed E-state index contributed by atoms with van der Waals surface area (Å²) in [4.78, 5) is 23.9. The molecule has 201 valence electrons. The monoisotopic (exact) mass is 645 g/mol. The molecule has 0 spiro atoms. The molecule has 0 unspecified atom stereocenters. The van der Waals surface area contributed by atoms with Crippen LogP contribution in [0.3, 0.4) is 0 Å². The number of fused-ring (bicyclic) bond motifs is 2. The molecule has 6 aromatic rings. The first-order valence-corrected chi connectivity index (χ1v) is 12.4. The molecule has 0 N–H and O–H groups in total. The second kappa shape index (κ2) is 15.5. The van der Waals surface area contributed by atoms with E-state index in [-0.39, 0.29) is 33.8 Å². The van der Waals surface area contributed by atoms with E-state index in [0.29, 0.717) is 5.15 Å². The molecule has 0 bridgehead atoms. The lowest BCUT2D eigenvalue weighted by atomic mass is 10.3. The Morgan fingerprint density at radius 1 is 0.692 bits per heavy atom. The van der Waals surface area contributed by atoms with Crippen LogP contribution >= 0.6 is 50.7 Å². The maximum atomic E-state index is 5.79. The summed E-state index contributed by atoms with van der Waals surface area (Å²) in [5.74, 6) is 0. The zero-order chi connectivity index (χ0) is 25.7. The summed E-state index contributed by atoms with van der Waals surface area (Å²) in [6.07, 6.45) is 10.7. The number of aryl methyl sites for hydroxylation is 2. The minimum absolute atomic E-state index is 0. The van der Waals surface area contributed by atoms with Crippen LogP contribution in [0.1, 0.15) is 26.0 Å². The van der Waals surface area contributed by atoms with E-state index in [2.05, 4.69) is 58.8 Å². The second-order valence-corrected chi connectivity index (χ2v) is 9.23. The highest BCUT2D eigenvalue weighted by molar-refractivity contribution is 9.10. The summed E-state index contributed by atoms with van der Waals surface area (Å²) in [5, 5.41) is 0.785. The summed E-state index contributed by atoms with van der Waals surface area (Å²) < 4.78 is 5.00. The lowest BCUT2D eigenvalue weighted by molar-refractivity contribution is 1.12. The van der Waals surface area contributed by atoms with Gasteiger partial charge in [-0.15, -0.1) is 0 Å². The van der Waals surface area contributed by atoms with Crippen LogP contribution < -0.4 is 0 Å². The Balaban J connectivity index is 0.000000302. The normalized spacial score (nSPS) is 9.69. The second-order valence-electron chi connectivity index (χ2n) is 7.35. The van der Waals surface area contributed by atoms with E-state index in [1.54, 1.807) is 18.5 Å². The first-order valence-electron chi connectivity index (χ1n) is 10.5. The van der Waals surface area contributed by atoms with Crippen molar-refractivity contribution in [1.82, 2.24) is 38.7 Å². The predicted molar refractivity (Wildman–Crippen MR) is 165 cm³/mol. The van der Waals surface area contributed by atoms with Crippen LogP contribution in [0.5, 0.6) is 0 Å². The molecule has 0 saturated carbocycles. The zero-order valence-corrected chi connectivity index (χ0v) is 23.4. The fourth-order valence-corrected chi connectivity index (χ4v) is 4.12. The zero-order valence-electron chi connectivity index (χ0n) is 19.6. The van der Waals surface area contributed by atoms with Crippen molar-refractivity contribution >= 4 is 70.4 Å². The van der Waals surface area contributed by atoms with E-state index in [9.17, 15) is 0 Å². The van der Waals surface area contributed by atoms with Crippen molar-refractivity contribution in [3.05, 3.63) is 105 Å².